The molecular formula is C33H47N3O5. The minimum Gasteiger partial charge on any atom is -0.482 e. The fraction of sp³-hybridized carbons (Fsp3) is 0.576. The van der Waals surface area contributed by atoms with Gasteiger partial charge in [0.2, 0.25) is 5.91 Å². The first kappa shape index (κ1) is 31.0. The summed E-state index contributed by atoms with van der Waals surface area (Å²) in [6.07, 6.45) is 2.14. The molecule has 1 amide bonds. The Kier molecular flexibility index (Phi) is 10.4. The van der Waals surface area contributed by atoms with Gasteiger partial charge in [0.05, 0.1) is 13.2 Å². The average Bonchev–Trinajstić information content (AvgIpc) is 2.97. The summed E-state index contributed by atoms with van der Waals surface area (Å²) in [7, 11) is 1.35. The number of carbonyl (C=O) groups excluding carboxylic acids is 2. The molecule has 2 saturated heterocycles. The van der Waals surface area contributed by atoms with Crippen molar-refractivity contribution >= 4 is 11.9 Å². The van der Waals surface area contributed by atoms with Crippen molar-refractivity contribution in [3.8, 4) is 5.75 Å². The fourth-order valence-corrected chi connectivity index (χ4v) is 6.29. The lowest BCUT2D eigenvalue weighted by molar-refractivity contribution is -0.143. The number of benzene rings is 2. The van der Waals surface area contributed by atoms with E-state index in [2.05, 4.69) is 71.7 Å². The number of carbonyl (C=O) groups is 2. The predicted octanol–water partition coefficient (Wildman–Crippen LogP) is 4.33. The molecule has 0 spiro atoms. The van der Waals surface area contributed by atoms with Crippen molar-refractivity contribution in [3.05, 3.63) is 65.7 Å². The first-order valence-electron chi connectivity index (χ1n) is 14.8. The van der Waals surface area contributed by atoms with E-state index in [1.54, 1.807) is 6.92 Å². The molecular weight excluding hydrogens is 518 g/mol. The number of ether oxygens (including phenoxy) is 2. The summed E-state index contributed by atoms with van der Waals surface area (Å²) >= 11 is 0. The summed E-state index contributed by atoms with van der Waals surface area (Å²) in [6.45, 7) is 12.3. The molecule has 8 nitrogen and oxygen atoms in total. The van der Waals surface area contributed by atoms with Gasteiger partial charge in [0.1, 0.15) is 12.0 Å². The van der Waals surface area contributed by atoms with Gasteiger partial charge in [-0.25, -0.2) is 4.79 Å². The summed E-state index contributed by atoms with van der Waals surface area (Å²) in [5.41, 5.74) is 2.33. The number of hydrogen-bond acceptors (Lipinski definition) is 7. The number of likely N-dealkylation sites (tertiary alicyclic amines) is 1. The summed E-state index contributed by atoms with van der Waals surface area (Å²) in [6, 6.07) is 18.7. The van der Waals surface area contributed by atoms with E-state index in [0.29, 0.717) is 11.7 Å². The third kappa shape index (κ3) is 8.09. The number of aliphatic hydroxyl groups excluding tert-OH is 1. The van der Waals surface area contributed by atoms with Crippen LogP contribution in [0.5, 0.6) is 5.75 Å². The zero-order chi connectivity index (χ0) is 29.6. The van der Waals surface area contributed by atoms with Gasteiger partial charge in [-0.2, -0.15) is 0 Å². The maximum atomic E-state index is 11.7. The number of methoxy groups -OCH3 is 1. The summed E-state index contributed by atoms with van der Waals surface area (Å²) in [4.78, 5) is 30.0. The Labute approximate surface area is 245 Å². The monoisotopic (exact) mass is 565 g/mol. The number of aliphatic hydroxyl groups is 1. The Bertz CT molecular complexity index is 1130. The largest absolute Gasteiger partial charge is 0.482 e. The zero-order valence-corrected chi connectivity index (χ0v) is 25.3. The van der Waals surface area contributed by atoms with Gasteiger partial charge in [0.25, 0.3) is 0 Å². The van der Waals surface area contributed by atoms with Gasteiger partial charge in [-0.1, -0.05) is 63.2 Å². The number of rotatable bonds is 9. The van der Waals surface area contributed by atoms with Crippen molar-refractivity contribution in [2.75, 3.05) is 46.4 Å². The Hall–Kier alpha value is -2.94. The number of nitrogens with zero attached hydrogens (tertiary/aromatic N) is 3. The lowest BCUT2D eigenvalue weighted by atomic mass is 9.82. The van der Waals surface area contributed by atoms with E-state index in [1.165, 1.54) is 12.7 Å². The molecule has 0 bridgehead atoms. The quantitative estimate of drug-likeness (QED) is 0.454. The van der Waals surface area contributed by atoms with Crippen LogP contribution in [-0.4, -0.2) is 90.4 Å². The topological polar surface area (TPSA) is 82.6 Å². The van der Waals surface area contributed by atoms with E-state index in [0.717, 1.165) is 57.5 Å². The molecule has 0 saturated carbocycles. The summed E-state index contributed by atoms with van der Waals surface area (Å²) in [5, 5.41) is 11.5. The molecule has 2 aromatic rings. The molecule has 8 heteroatoms. The molecule has 0 aliphatic carbocycles. The van der Waals surface area contributed by atoms with Crippen molar-refractivity contribution in [2.24, 2.45) is 11.3 Å². The van der Waals surface area contributed by atoms with Crippen LogP contribution in [0, 0.1) is 11.3 Å². The van der Waals surface area contributed by atoms with Crippen molar-refractivity contribution < 1.29 is 24.2 Å². The summed E-state index contributed by atoms with van der Waals surface area (Å²) in [5.74, 6) is 0.784. The number of piperidine rings is 1. The Balaban J connectivity index is 1.50. The summed E-state index contributed by atoms with van der Waals surface area (Å²) < 4.78 is 10.3. The maximum absolute atomic E-state index is 11.7. The molecule has 3 atom stereocenters. The van der Waals surface area contributed by atoms with Crippen molar-refractivity contribution in [2.45, 2.75) is 65.3 Å². The highest BCUT2D eigenvalue weighted by Gasteiger charge is 2.41. The van der Waals surface area contributed by atoms with Gasteiger partial charge >= 0.3 is 5.97 Å². The molecule has 2 aliphatic rings. The second kappa shape index (κ2) is 13.8. The molecule has 41 heavy (non-hydrogen) atoms. The fourth-order valence-electron chi connectivity index (χ4n) is 6.29. The van der Waals surface area contributed by atoms with Gasteiger partial charge in [-0.3, -0.25) is 14.6 Å². The Morgan fingerprint density at radius 3 is 2.17 bits per heavy atom. The Morgan fingerprint density at radius 2 is 1.59 bits per heavy atom. The van der Waals surface area contributed by atoms with Gasteiger partial charge < -0.3 is 19.5 Å². The first-order chi connectivity index (χ1) is 19.6. The number of hydrogen-bond donors (Lipinski definition) is 1. The predicted molar refractivity (Wildman–Crippen MR) is 159 cm³/mol. The molecule has 1 N–H and O–H groups in total. The molecule has 224 valence electrons. The second-order valence-corrected chi connectivity index (χ2v) is 12.5. The molecule has 2 unspecified atom stereocenters. The molecule has 0 aromatic heterocycles. The van der Waals surface area contributed by atoms with Crippen molar-refractivity contribution in [1.82, 2.24) is 14.7 Å². The first-order valence-corrected chi connectivity index (χ1v) is 14.8. The number of piperazine rings is 1. The maximum Gasteiger partial charge on any atom is 0.343 e. The van der Waals surface area contributed by atoms with Crippen molar-refractivity contribution in [1.29, 1.82) is 0 Å². The lowest BCUT2D eigenvalue weighted by Gasteiger charge is -2.51. The normalized spacial score (nSPS) is 20.8. The third-order valence-corrected chi connectivity index (χ3v) is 8.70. The van der Waals surface area contributed by atoms with Crippen LogP contribution in [0.25, 0.3) is 0 Å². The molecule has 2 aromatic carbocycles. The van der Waals surface area contributed by atoms with Gasteiger partial charge in [0.15, 0.2) is 6.61 Å². The zero-order valence-electron chi connectivity index (χ0n) is 25.3. The van der Waals surface area contributed by atoms with Gasteiger partial charge in [0, 0.05) is 45.7 Å². The minimum absolute atomic E-state index is 0.0372. The van der Waals surface area contributed by atoms with Crippen LogP contribution in [-0.2, 0) is 14.3 Å². The van der Waals surface area contributed by atoms with Crippen LogP contribution >= 0.6 is 0 Å². The number of amides is 1. The van der Waals surface area contributed by atoms with Crippen LogP contribution in [0.4, 0.5) is 0 Å². The molecule has 0 radical (unpaired) electrons. The van der Waals surface area contributed by atoms with Crippen LogP contribution < -0.4 is 4.74 Å². The minimum atomic E-state index is -0.503. The number of esters is 1. The van der Waals surface area contributed by atoms with Crippen LogP contribution in [0.3, 0.4) is 0 Å². The van der Waals surface area contributed by atoms with Crippen LogP contribution in [0.15, 0.2) is 54.6 Å². The third-order valence-electron chi connectivity index (χ3n) is 8.70. The second-order valence-electron chi connectivity index (χ2n) is 12.5. The van der Waals surface area contributed by atoms with E-state index < -0.39 is 12.2 Å². The average molecular weight is 566 g/mol. The van der Waals surface area contributed by atoms with Crippen LogP contribution in [0.1, 0.15) is 64.1 Å². The Morgan fingerprint density at radius 1 is 0.951 bits per heavy atom. The van der Waals surface area contributed by atoms with E-state index in [-0.39, 0.29) is 30.0 Å². The molecule has 2 aliphatic heterocycles. The van der Waals surface area contributed by atoms with E-state index in [4.69, 9.17) is 4.74 Å². The highest BCUT2D eigenvalue weighted by atomic mass is 16.6. The van der Waals surface area contributed by atoms with Gasteiger partial charge in [-0.05, 0) is 53.9 Å². The van der Waals surface area contributed by atoms with Gasteiger partial charge in [-0.15, -0.1) is 0 Å². The van der Waals surface area contributed by atoms with E-state index >= 15 is 0 Å². The van der Waals surface area contributed by atoms with E-state index in [1.807, 2.05) is 23.1 Å². The molecule has 2 heterocycles. The highest BCUT2D eigenvalue weighted by molar-refractivity contribution is 5.73. The molecule has 4 rings (SSSR count). The lowest BCUT2D eigenvalue weighted by Crippen LogP contribution is -2.61. The van der Waals surface area contributed by atoms with Crippen LogP contribution in [0.2, 0.25) is 0 Å². The SMILES string of the molecule is COC(=O)COc1ccc(C(c2ccccc2)N2CCN(C(O)CC3CCN(C(C)=O)CC3)[C@@H](C(C)(C)C)C2)cc1. The standard InChI is InChI=1S/C33H47N3O5/c1-24(37)34-17-15-25(16-18-34)21-30(38)36-20-19-35(22-29(36)33(2,3)4)32(26-9-7-6-8-10-26)27-11-13-28(14-12-27)41-23-31(39)40-5/h6-14,25,29-30,32,38H,15-23H2,1-5H3/t29-,30?,32?/m1/s1. The highest BCUT2D eigenvalue weighted by Crippen LogP contribution is 2.37. The smallest absolute Gasteiger partial charge is 0.343 e. The molecule has 2 fully saturated rings. The van der Waals surface area contributed by atoms with E-state index in [9.17, 15) is 14.7 Å². The van der Waals surface area contributed by atoms with Crippen molar-refractivity contribution in [3.63, 3.8) is 0 Å².